The van der Waals surface area contributed by atoms with Crippen LogP contribution >= 0.6 is 15.9 Å². The van der Waals surface area contributed by atoms with Gasteiger partial charge in [0.1, 0.15) is 11.9 Å². The fourth-order valence-corrected chi connectivity index (χ4v) is 3.28. The molecule has 3 heteroatoms. The van der Waals surface area contributed by atoms with Crippen LogP contribution in [0.5, 0.6) is 5.75 Å². The Morgan fingerprint density at radius 3 is 2.80 bits per heavy atom. The average Bonchev–Trinajstić information content (AvgIpc) is 2.45. The van der Waals surface area contributed by atoms with Crippen LogP contribution in [0.2, 0.25) is 0 Å². The molecule has 0 radical (unpaired) electrons. The standard InChI is InChI=1S/C17H26BrNO/c1-3-4-5-6-7-8-14-12-16(19-2)15-10-9-13(18)11-17(15)20-14/h9-11,14,16,19H,3-8,12H2,1-2H3. The monoisotopic (exact) mass is 339 g/mol. The first-order valence-corrected chi connectivity index (χ1v) is 8.67. The molecule has 2 nitrogen and oxygen atoms in total. The number of unbranched alkanes of at least 4 members (excludes halogenated alkanes) is 4. The number of hydrogen-bond acceptors (Lipinski definition) is 2. The largest absolute Gasteiger partial charge is 0.490 e. The van der Waals surface area contributed by atoms with E-state index in [0.29, 0.717) is 12.1 Å². The molecule has 1 heterocycles. The van der Waals surface area contributed by atoms with Crippen molar-refractivity contribution in [3.05, 3.63) is 28.2 Å². The highest BCUT2D eigenvalue weighted by Crippen LogP contribution is 2.37. The molecule has 0 saturated heterocycles. The van der Waals surface area contributed by atoms with Crippen molar-refractivity contribution in [3.63, 3.8) is 0 Å². The van der Waals surface area contributed by atoms with E-state index in [1.165, 1.54) is 44.1 Å². The zero-order chi connectivity index (χ0) is 14.4. The summed E-state index contributed by atoms with van der Waals surface area (Å²) in [6, 6.07) is 6.78. The van der Waals surface area contributed by atoms with E-state index in [1.54, 1.807) is 0 Å². The van der Waals surface area contributed by atoms with E-state index < -0.39 is 0 Å². The molecule has 20 heavy (non-hydrogen) atoms. The smallest absolute Gasteiger partial charge is 0.125 e. The van der Waals surface area contributed by atoms with E-state index in [-0.39, 0.29) is 0 Å². The maximum Gasteiger partial charge on any atom is 0.125 e. The molecule has 1 aliphatic heterocycles. The Labute approximate surface area is 131 Å². The molecular formula is C17H26BrNO. The normalized spacial score (nSPS) is 21.4. The van der Waals surface area contributed by atoms with Gasteiger partial charge in [-0.15, -0.1) is 0 Å². The molecule has 0 bridgehead atoms. The predicted molar refractivity (Wildman–Crippen MR) is 88.4 cm³/mol. The van der Waals surface area contributed by atoms with Gasteiger partial charge in [-0.3, -0.25) is 0 Å². The fraction of sp³-hybridized carbons (Fsp3) is 0.647. The minimum absolute atomic E-state index is 0.357. The minimum Gasteiger partial charge on any atom is -0.490 e. The number of hydrogen-bond donors (Lipinski definition) is 1. The summed E-state index contributed by atoms with van der Waals surface area (Å²) in [5, 5.41) is 3.42. The number of nitrogens with one attached hydrogen (secondary N) is 1. The molecule has 1 aromatic carbocycles. The third-order valence-corrected chi connectivity index (χ3v) is 4.61. The number of rotatable bonds is 7. The molecule has 1 aromatic rings. The highest BCUT2D eigenvalue weighted by Gasteiger charge is 2.26. The Hall–Kier alpha value is -0.540. The van der Waals surface area contributed by atoms with Crippen molar-refractivity contribution < 1.29 is 4.74 Å². The first-order valence-electron chi connectivity index (χ1n) is 7.88. The average molecular weight is 340 g/mol. The van der Waals surface area contributed by atoms with Gasteiger partial charge in [0.25, 0.3) is 0 Å². The Morgan fingerprint density at radius 1 is 1.25 bits per heavy atom. The molecule has 2 atom stereocenters. The van der Waals surface area contributed by atoms with Crippen molar-refractivity contribution in [3.8, 4) is 5.75 Å². The first-order chi connectivity index (χ1) is 9.74. The Kier molecular flexibility index (Phi) is 6.37. The summed E-state index contributed by atoms with van der Waals surface area (Å²) in [7, 11) is 2.04. The Bertz CT molecular complexity index is 421. The summed E-state index contributed by atoms with van der Waals surface area (Å²) in [6.45, 7) is 2.26. The number of fused-ring (bicyclic) bond motifs is 1. The molecule has 2 unspecified atom stereocenters. The van der Waals surface area contributed by atoms with Crippen LogP contribution in [0.1, 0.15) is 63.5 Å². The first kappa shape index (κ1) is 15.8. The van der Waals surface area contributed by atoms with Crippen molar-refractivity contribution in [2.24, 2.45) is 0 Å². The van der Waals surface area contributed by atoms with Crippen molar-refractivity contribution in [1.29, 1.82) is 0 Å². The second kappa shape index (κ2) is 8.04. The van der Waals surface area contributed by atoms with E-state index in [1.807, 2.05) is 7.05 Å². The molecule has 0 aliphatic carbocycles. The molecule has 0 saturated carbocycles. The van der Waals surface area contributed by atoms with Crippen LogP contribution in [0.15, 0.2) is 22.7 Å². The van der Waals surface area contributed by atoms with Crippen LogP contribution in [-0.4, -0.2) is 13.2 Å². The molecule has 0 fully saturated rings. The Balaban J connectivity index is 1.91. The lowest BCUT2D eigenvalue weighted by Crippen LogP contribution is -2.31. The lowest BCUT2D eigenvalue weighted by molar-refractivity contribution is 0.140. The van der Waals surface area contributed by atoms with E-state index in [2.05, 4.69) is 46.4 Å². The van der Waals surface area contributed by atoms with Crippen molar-refractivity contribution >= 4 is 15.9 Å². The summed E-state index contributed by atoms with van der Waals surface area (Å²) in [5.41, 5.74) is 1.29. The Morgan fingerprint density at radius 2 is 2.05 bits per heavy atom. The fourth-order valence-electron chi connectivity index (χ4n) is 2.94. The van der Waals surface area contributed by atoms with Crippen LogP contribution in [0, 0.1) is 0 Å². The van der Waals surface area contributed by atoms with Crippen LogP contribution in [0.4, 0.5) is 0 Å². The van der Waals surface area contributed by atoms with Gasteiger partial charge in [-0.25, -0.2) is 0 Å². The molecule has 112 valence electrons. The van der Waals surface area contributed by atoms with E-state index in [4.69, 9.17) is 4.74 Å². The van der Waals surface area contributed by atoms with E-state index in [0.717, 1.165) is 16.6 Å². The molecule has 1 N–H and O–H groups in total. The predicted octanol–water partition coefficient (Wildman–Crippen LogP) is 5.22. The number of ether oxygens (including phenoxy) is 1. The van der Waals surface area contributed by atoms with Crippen LogP contribution < -0.4 is 10.1 Å². The second-order valence-electron chi connectivity index (χ2n) is 5.70. The molecule has 2 rings (SSSR count). The van der Waals surface area contributed by atoms with Gasteiger partial charge in [0.15, 0.2) is 0 Å². The van der Waals surface area contributed by atoms with Crippen LogP contribution in [-0.2, 0) is 0 Å². The molecule has 0 spiro atoms. The van der Waals surface area contributed by atoms with Gasteiger partial charge in [0.2, 0.25) is 0 Å². The van der Waals surface area contributed by atoms with E-state index >= 15 is 0 Å². The lowest BCUT2D eigenvalue weighted by atomic mass is 9.94. The molecule has 1 aliphatic rings. The zero-order valence-electron chi connectivity index (χ0n) is 12.6. The third-order valence-electron chi connectivity index (χ3n) is 4.12. The topological polar surface area (TPSA) is 21.3 Å². The van der Waals surface area contributed by atoms with Gasteiger partial charge >= 0.3 is 0 Å². The number of benzene rings is 1. The van der Waals surface area contributed by atoms with Crippen molar-refractivity contribution in [2.45, 2.75) is 64.0 Å². The van der Waals surface area contributed by atoms with Crippen molar-refractivity contribution in [1.82, 2.24) is 5.32 Å². The highest BCUT2D eigenvalue weighted by atomic mass is 79.9. The quantitative estimate of drug-likeness (QED) is 0.687. The van der Waals surface area contributed by atoms with Crippen LogP contribution in [0.3, 0.4) is 0 Å². The maximum atomic E-state index is 6.18. The zero-order valence-corrected chi connectivity index (χ0v) is 14.2. The van der Waals surface area contributed by atoms with Gasteiger partial charge in [-0.1, -0.05) is 54.6 Å². The van der Waals surface area contributed by atoms with Gasteiger partial charge in [0.05, 0.1) is 0 Å². The van der Waals surface area contributed by atoms with Gasteiger partial charge < -0.3 is 10.1 Å². The summed E-state index contributed by atoms with van der Waals surface area (Å²) < 4.78 is 7.27. The SMILES string of the molecule is CCCCCCCC1CC(NC)c2ccc(Br)cc2O1. The third kappa shape index (κ3) is 4.23. The summed E-state index contributed by atoms with van der Waals surface area (Å²) in [4.78, 5) is 0. The van der Waals surface area contributed by atoms with Crippen molar-refractivity contribution in [2.75, 3.05) is 7.05 Å². The maximum absolute atomic E-state index is 6.18. The minimum atomic E-state index is 0.357. The van der Waals surface area contributed by atoms with Gasteiger partial charge in [-0.05, 0) is 32.0 Å². The summed E-state index contributed by atoms with van der Waals surface area (Å²) in [6.07, 6.45) is 9.26. The summed E-state index contributed by atoms with van der Waals surface area (Å²) in [5.74, 6) is 1.04. The van der Waals surface area contributed by atoms with Crippen LogP contribution in [0.25, 0.3) is 0 Å². The molecule has 0 aromatic heterocycles. The second-order valence-corrected chi connectivity index (χ2v) is 6.62. The molecular weight excluding hydrogens is 314 g/mol. The molecule has 0 amide bonds. The lowest BCUT2D eigenvalue weighted by Gasteiger charge is -2.32. The van der Waals surface area contributed by atoms with Gasteiger partial charge in [0, 0.05) is 22.5 Å². The highest BCUT2D eigenvalue weighted by molar-refractivity contribution is 9.10. The van der Waals surface area contributed by atoms with Gasteiger partial charge in [-0.2, -0.15) is 0 Å². The van der Waals surface area contributed by atoms with E-state index in [9.17, 15) is 0 Å². The summed E-state index contributed by atoms with van der Waals surface area (Å²) >= 11 is 3.53. The number of halogens is 1.